The van der Waals surface area contributed by atoms with Crippen LogP contribution in [0, 0.1) is 0 Å². The van der Waals surface area contributed by atoms with Crippen LogP contribution in [0.5, 0.6) is 11.5 Å². The average Bonchev–Trinajstić information content (AvgIpc) is 2.58. The van der Waals surface area contributed by atoms with E-state index >= 15 is 0 Å². The van der Waals surface area contributed by atoms with Gasteiger partial charge >= 0.3 is 0 Å². The van der Waals surface area contributed by atoms with Crippen molar-refractivity contribution in [2.45, 2.75) is 11.4 Å². The number of hydrogen-bond acceptors (Lipinski definition) is 5. The number of carbonyl (C=O) groups excluding carboxylic acids is 1. The first-order chi connectivity index (χ1) is 11.8. The lowest BCUT2D eigenvalue weighted by atomic mass is 10.1. The molecule has 0 atom stereocenters. The third-order valence-corrected chi connectivity index (χ3v) is 5.12. The molecule has 9 heteroatoms. The first kappa shape index (κ1) is 19.4. The molecule has 0 saturated heterocycles. The van der Waals surface area contributed by atoms with Gasteiger partial charge < -0.3 is 14.8 Å². The zero-order valence-corrected chi connectivity index (χ0v) is 15.7. The number of rotatable bonds is 6. The van der Waals surface area contributed by atoms with E-state index in [1.165, 1.54) is 26.4 Å². The van der Waals surface area contributed by atoms with Gasteiger partial charge in [0.2, 0.25) is 0 Å². The van der Waals surface area contributed by atoms with E-state index in [-0.39, 0.29) is 33.3 Å². The molecule has 0 aliphatic rings. The third kappa shape index (κ3) is 4.56. The molecule has 6 nitrogen and oxygen atoms in total. The molecule has 0 fully saturated rings. The zero-order chi connectivity index (χ0) is 18.6. The number of ether oxygens (including phenoxy) is 2. The van der Waals surface area contributed by atoms with Crippen molar-refractivity contribution in [2.24, 2.45) is 0 Å². The van der Waals surface area contributed by atoms with E-state index in [0.717, 1.165) is 0 Å². The lowest BCUT2D eigenvalue weighted by molar-refractivity contribution is 0.0950. The molecule has 0 heterocycles. The molecule has 2 aromatic rings. The quantitative estimate of drug-likeness (QED) is 0.748. The molecule has 1 N–H and O–H groups in total. The predicted octanol–water partition coefficient (Wildman–Crippen LogP) is 3.21. The van der Waals surface area contributed by atoms with Crippen molar-refractivity contribution in [3.05, 3.63) is 52.5 Å². The van der Waals surface area contributed by atoms with Crippen LogP contribution in [0.4, 0.5) is 0 Å². The second kappa shape index (κ2) is 7.95. The summed E-state index contributed by atoms with van der Waals surface area (Å²) in [6.45, 7) is -0.0916. The summed E-state index contributed by atoms with van der Waals surface area (Å²) in [7, 11) is 4.23. The van der Waals surface area contributed by atoms with Crippen molar-refractivity contribution >= 4 is 37.2 Å². The van der Waals surface area contributed by atoms with Gasteiger partial charge in [0.05, 0.1) is 29.7 Å². The van der Waals surface area contributed by atoms with Crippen molar-refractivity contribution in [1.29, 1.82) is 0 Å². The van der Waals surface area contributed by atoms with Crippen LogP contribution in [0.1, 0.15) is 15.9 Å². The second-order valence-electron chi connectivity index (χ2n) is 4.92. The van der Waals surface area contributed by atoms with E-state index in [0.29, 0.717) is 5.75 Å². The molecule has 0 aliphatic heterocycles. The summed E-state index contributed by atoms with van der Waals surface area (Å²) >= 11 is 5.98. The Hall–Kier alpha value is -1.96. The Balaban J connectivity index is 2.35. The minimum atomic E-state index is -4.05. The minimum Gasteiger partial charge on any atom is -0.493 e. The molecular weight excluding hydrogens is 389 g/mol. The SMILES string of the molecule is COc1cc(CNC(=O)c2ccccc2Cl)c(S(=O)(=O)Cl)cc1OC. The number of hydrogen-bond donors (Lipinski definition) is 1. The molecular formula is C16H15Cl2NO5S. The Morgan fingerprint density at radius 1 is 1.12 bits per heavy atom. The van der Waals surface area contributed by atoms with Gasteiger partial charge in [-0.25, -0.2) is 8.42 Å². The fourth-order valence-electron chi connectivity index (χ4n) is 2.18. The Kier molecular flexibility index (Phi) is 6.16. The summed E-state index contributed by atoms with van der Waals surface area (Å²) in [4.78, 5) is 12.1. The summed E-state index contributed by atoms with van der Waals surface area (Å²) in [5, 5.41) is 2.90. The van der Waals surface area contributed by atoms with Crippen LogP contribution in [0.2, 0.25) is 5.02 Å². The number of methoxy groups -OCH3 is 2. The first-order valence-electron chi connectivity index (χ1n) is 7.00. The monoisotopic (exact) mass is 403 g/mol. The fourth-order valence-corrected chi connectivity index (χ4v) is 3.53. The normalized spacial score (nSPS) is 11.0. The Bertz CT molecular complexity index is 899. The van der Waals surface area contributed by atoms with Crippen LogP contribution in [0.15, 0.2) is 41.3 Å². The zero-order valence-electron chi connectivity index (χ0n) is 13.4. The standard InChI is InChI=1S/C16H15Cl2NO5S/c1-23-13-7-10(15(25(18,21)22)8-14(13)24-2)9-19-16(20)11-5-3-4-6-12(11)17/h3-8H,9H2,1-2H3,(H,19,20). The second-order valence-corrected chi connectivity index (χ2v) is 7.86. The van der Waals surface area contributed by atoms with Gasteiger partial charge in [-0.2, -0.15) is 0 Å². The van der Waals surface area contributed by atoms with Crippen LogP contribution in [-0.4, -0.2) is 28.5 Å². The lowest BCUT2D eigenvalue weighted by Crippen LogP contribution is -2.24. The third-order valence-electron chi connectivity index (χ3n) is 3.39. The summed E-state index contributed by atoms with van der Waals surface area (Å²) in [6, 6.07) is 9.21. The topological polar surface area (TPSA) is 81.7 Å². The summed E-state index contributed by atoms with van der Waals surface area (Å²) < 4.78 is 33.9. The van der Waals surface area contributed by atoms with E-state index in [1.807, 2.05) is 0 Å². The molecule has 0 unspecified atom stereocenters. The Morgan fingerprint density at radius 3 is 2.28 bits per heavy atom. The smallest absolute Gasteiger partial charge is 0.261 e. The maximum atomic E-state index is 12.2. The summed E-state index contributed by atoms with van der Waals surface area (Å²) in [5.41, 5.74) is 0.535. The van der Waals surface area contributed by atoms with Crippen LogP contribution in [0.25, 0.3) is 0 Å². The fraction of sp³-hybridized carbons (Fsp3) is 0.188. The number of halogens is 2. The van der Waals surface area contributed by atoms with Crippen LogP contribution in [-0.2, 0) is 15.6 Å². The van der Waals surface area contributed by atoms with Gasteiger partial charge in [-0.1, -0.05) is 23.7 Å². The summed E-state index contributed by atoms with van der Waals surface area (Å²) in [5.74, 6) is 0.0785. The highest BCUT2D eigenvalue weighted by Gasteiger charge is 2.21. The molecule has 0 aromatic heterocycles. The van der Waals surface area contributed by atoms with Crippen molar-refractivity contribution in [1.82, 2.24) is 5.32 Å². The van der Waals surface area contributed by atoms with E-state index in [4.69, 9.17) is 31.8 Å². The highest BCUT2D eigenvalue weighted by Crippen LogP contribution is 2.34. The van der Waals surface area contributed by atoms with E-state index in [2.05, 4.69) is 5.32 Å². The molecule has 0 spiro atoms. The van der Waals surface area contributed by atoms with Gasteiger partial charge in [-0.3, -0.25) is 4.79 Å². The molecule has 25 heavy (non-hydrogen) atoms. The van der Waals surface area contributed by atoms with Crippen LogP contribution < -0.4 is 14.8 Å². The predicted molar refractivity (Wildman–Crippen MR) is 95.2 cm³/mol. The van der Waals surface area contributed by atoms with Gasteiger partial charge in [0.1, 0.15) is 0 Å². The largest absolute Gasteiger partial charge is 0.493 e. The molecule has 2 rings (SSSR count). The van der Waals surface area contributed by atoms with Gasteiger partial charge in [0.15, 0.2) is 11.5 Å². The molecule has 0 bridgehead atoms. The van der Waals surface area contributed by atoms with Gasteiger partial charge in [-0.15, -0.1) is 0 Å². The summed E-state index contributed by atoms with van der Waals surface area (Å²) in [6.07, 6.45) is 0. The molecule has 0 aliphatic carbocycles. The van der Waals surface area contributed by atoms with Gasteiger partial charge in [0.25, 0.3) is 15.0 Å². The van der Waals surface area contributed by atoms with Crippen molar-refractivity contribution in [3.63, 3.8) is 0 Å². The van der Waals surface area contributed by atoms with Crippen LogP contribution >= 0.6 is 22.3 Å². The van der Waals surface area contributed by atoms with Gasteiger partial charge in [-0.05, 0) is 23.8 Å². The van der Waals surface area contributed by atoms with Crippen molar-refractivity contribution < 1.29 is 22.7 Å². The van der Waals surface area contributed by atoms with Gasteiger partial charge in [0, 0.05) is 23.3 Å². The number of benzene rings is 2. The van der Waals surface area contributed by atoms with E-state index < -0.39 is 15.0 Å². The van der Waals surface area contributed by atoms with Crippen LogP contribution in [0.3, 0.4) is 0 Å². The number of carbonyl (C=O) groups is 1. The first-order valence-corrected chi connectivity index (χ1v) is 9.69. The number of nitrogens with one attached hydrogen (secondary N) is 1. The van der Waals surface area contributed by atoms with E-state index in [9.17, 15) is 13.2 Å². The maximum Gasteiger partial charge on any atom is 0.261 e. The maximum absolute atomic E-state index is 12.2. The molecule has 1 amide bonds. The lowest BCUT2D eigenvalue weighted by Gasteiger charge is -2.14. The molecule has 0 saturated carbocycles. The van der Waals surface area contributed by atoms with Crippen molar-refractivity contribution in [2.75, 3.05) is 14.2 Å². The highest BCUT2D eigenvalue weighted by molar-refractivity contribution is 8.13. The Labute approximate surface area is 155 Å². The molecule has 0 radical (unpaired) electrons. The minimum absolute atomic E-state index is 0.0916. The molecule has 134 valence electrons. The number of amides is 1. The molecule has 2 aromatic carbocycles. The average molecular weight is 404 g/mol. The Morgan fingerprint density at radius 2 is 1.72 bits per heavy atom. The highest BCUT2D eigenvalue weighted by atomic mass is 35.7. The van der Waals surface area contributed by atoms with Crippen molar-refractivity contribution in [3.8, 4) is 11.5 Å². The van der Waals surface area contributed by atoms with E-state index in [1.54, 1.807) is 24.3 Å².